The van der Waals surface area contributed by atoms with E-state index >= 15 is 0 Å². The SMILES string of the molecule is COc1ccc(NC(=O)NC(c2nc3ccccc3[nH]2)C(C)C)cc1OCC(F)(F)F. The van der Waals surface area contributed by atoms with E-state index < -0.39 is 24.9 Å². The van der Waals surface area contributed by atoms with Gasteiger partial charge in [0.05, 0.1) is 24.2 Å². The van der Waals surface area contributed by atoms with Gasteiger partial charge in [-0.1, -0.05) is 26.0 Å². The van der Waals surface area contributed by atoms with Crippen molar-refractivity contribution in [3.8, 4) is 11.5 Å². The smallest absolute Gasteiger partial charge is 0.422 e. The van der Waals surface area contributed by atoms with Crippen LogP contribution in [0.2, 0.25) is 0 Å². The Morgan fingerprint density at radius 1 is 1.16 bits per heavy atom. The van der Waals surface area contributed by atoms with Crippen molar-refractivity contribution in [3.05, 3.63) is 48.3 Å². The summed E-state index contributed by atoms with van der Waals surface area (Å²) in [7, 11) is 1.32. The number of nitrogens with zero attached hydrogens (tertiary/aromatic N) is 1. The van der Waals surface area contributed by atoms with E-state index in [1.807, 2.05) is 38.1 Å². The molecule has 0 radical (unpaired) electrons. The van der Waals surface area contributed by atoms with Crippen LogP contribution in [0.1, 0.15) is 25.7 Å². The molecule has 2 aromatic carbocycles. The molecule has 1 aromatic heterocycles. The van der Waals surface area contributed by atoms with Gasteiger partial charge in [0.25, 0.3) is 0 Å². The number of hydrogen-bond acceptors (Lipinski definition) is 4. The number of aromatic nitrogens is 2. The normalized spacial score (nSPS) is 12.6. The molecule has 2 amide bonds. The molecule has 1 heterocycles. The van der Waals surface area contributed by atoms with Crippen LogP contribution >= 0.6 is 0 Å². The molecule has 7 nitrogen and oxygen atoms in total. The van der Waals surface area contributed by atoms with Crippen molar-refractivity contribution in [3.63, 3.8) is 0 Å². The zero-order chi connectivity index (χ0) is 22.6. The summed E-state index contributed by atoms with van der Waals surface area (Å²) >= 11 is 0. The van der Waals surface area contributed by atoms with Gasteiger partial charge in [-0.3, -0.25) is 0 Å². The van der Waals surface area contributed by atoms with Gasteiger partial charge in [-0.15, -0.1) is 0 Å². The molecule has 0 aliphatic heterocycles. The highest BCUT2D eigenvalue weighted by atomic mass is 19.4. The van der Waals surface area contributed by atoms with E-state index in [4.69, 9.17) is 9.47 Å². The maximum atomic E-state index is 12.6. The number of rotatable bonds is 7. The van der Waals surface area contributed by atoms with E-state index in [2.05, 4.69) is 20.6 Å². The van der Waals surface area contributed by atoms with Crippen LogP contribution in [0.4, 0.5) is 23.7 Å². The third-order valence-corrected chi connectivity index (χ3v) is 4.47. The minimum absolute atomic E-state index is 0.0212. The Kier molecular flexibility index (Phi) is 6.57. The van der Waals surface area contributed by atoms with Gasteiger partial charge in [-0.2, -0.15) is 13.2 Å². The second-order valence-electron chi connectivity index (χ2n) is 7.23. The molecule has 0 aliphatic rings. The number of carbonyl (C=O) groups excluding carboxylic acids is 1. The lowest BCUT2D eigenvalue weighted by Gasteiger charge is -2.21. The van der Waals surface area contributed by atoms with Gasteiger partial charge in [0.2, 0.25) is 0 Å². The zero-order valence-corrected chi connectivity index (χ0v) is 17.2. The van der Waals surface area contributed by atoms with Gasteiger partial charge in [-0.05, 0) is 30.2 Å². The number of para-hydroxylation sites is 2. The number of imidazole rings is 1. The summed E-state index contributed by atoms with van der Waals surface area (Å²) in [5.41, 5.74) is 1.89. The summed E-state index contributed by atoms with van der Waals surface area (Å²) < 4.78 is 47.3. The molecule has 3 rings (SSSR count). The lowest BCUT2D eigenvalue weighted by atomic mass is 10.0. The Balaban J connectivity index is 1.73. The first kappa shape index (κ1) is 22.3. The fourth-order valence-electron chi connectivity index (χ4n) is 3.01. The summed E-state index contributed by atoms with van der Waals surface area (Å²) in [6.07, 6.45) is -4.50. The van der Waals surface area contributed by atoms with E-state index in [9.17, 15) is 18.0 Å². The van der Waals surface area contributed by atoms with Crippen molar-refractivity contribution in [1.82, 2.24) is 15.3 Å². The Hall–Kier alpha value is -3.43. The van der Waals surface area contributed by atoms with Gasteiger partial charge in [0, 0.05) is 11.8 Å². The molecule has 1 unspecified atom stereocenters. The van der Waals surface area contributed by atoms with Crippen molar-refractivity contribution in [2.24, 2.45) is 5.92 Å². The van der Waals surface area contributed by atoms with Gasteiger partial charge < -0.3 is 25.1 Å². The van der Waals surface area contributed by atoms with E-state index in [-0.39, 0.29) is 23.1 Å². The van der Waals surface area contributed by atoms with E-state index in [0.717, 1.165) is 11.0 Å². The molecule has 0 bridgehead atoms. The first-order valence-corrected chi connectivity index (χ1v) is 9.56. The Morgan fingerprint density at radius 2 is 1.90 bits per heavy atom. The standard InChI is InChI=1S/C21H23F3N4O3/c1-12(2)18(19-26-14-6-4-5-7-15(14)27-19)28-20(29)25-13-8-9-16(30-3)17(10-13)31-11-21(22,23)24/h4-10,12,18H,11H2,1-3H3,(H,26,27)(H2,25,28,29). The lowest BCUT2D eigenvalue weighted by Crippen LogP contribution is -2.35. The number of amides is 2. The second-order valence-corrected chi connectivity index (χ2v) is 7.23. The monoisotopic (exact) mass is 436 g/mol. The number of benzene rings is 2. The molecule has 0 saturated carbocycles. The second kappa shape index (κ2) is 9.15. The molecule has 0 saturated heterocycles. The van der Waals surface area contributed by atoms with Crippen molar-refractivity contribution >= 4 is 22.8 Å². The average molecular weight is 436 g/mol. The summed E-state index contributed by atoms with van der Waals surface area (Å²) in [5.74, 6) is 0.621. The van der Waals surface area contributed by atoms with E-state index in [0.29, 0.717) is 5.82 Å². The fraction of sp³-hybridized carbons (Fsp3) is 0.333. The number of methoxy groups -OCH3 is 1. The minimum atomic E-state index is -4.50. The summed E-state index contributed by atoms with van der Waals surface area (Å²) in [5, 5.41) is 5.46. The number of H-pyrrole nitrogens is 1. The number of aromatic amines is 1. The molecule has 3 aromatic rings. The highest BCUT2D eigenvalue weighted by molar-refractivity contribution is 5.90. The van der Waals surface area contributed by atoms with Gasteiger partial charge in [-0.25, -0.2) is 9.78 Å². The summed E-state index contributed by atoms with van der Waals surface area (Å²) in [6, 6.07) is 10.8. The number of fused-ring (bicyclic) bond motifs is 1. The molecule has 166 valence electrons. The first-order chi connectivity index (χ1) is 14.7. The molecule has 1 atom stereocenters. The molecule has 0 fully saturated rings. The predicted molar refractivity (Wildman–Crippen MR) is 110 cm³/mol. The highest BCUT2D eigenvalue weighted by Crippen LogP contribution is 2.32. The van der Waals surface area contributed by atoms with Crippen LogP contribution in [0.25, 0.3) is 11.0 Å². The van der Waals surface area contributed by atoms with Crippen LogP contribution in [-0.2, 0) is 0 Å². The van der Waals surface area contributed by atoms with Crippen molar-refractivity contribution in [1.29, 1.82) is 0 Å². The number of carbonyl (C=O) groups is 1. The molecule has 31 heavy (non-hydrogen) atoms. The van der Waals surface area contributed by atoms with Crippen LogP contribution in [0.5, 0.6) is 11.5 Å². The number of halogens is 3. The maximum Gasteiger partial charge on any atom is 0.422 e. The van der Waals surface area contributed by atoms with Crippen molar-refractivity contribution < 1.29 is 27.4 Å². The van der Waals surface area contributed by atoms with Gasteiger partial charge in [0.15, 0.2) is 18.1 Å². The fourth-order valence-corrected chi connectivity index (χ4v) is 3.01. The molecule has 10 heteroatoms. The third-order valence-electron chi connectivity index (χ3n) is 4.47. The van der Waals surface area contributed by atoms with Crippen LogP contribution < -0.4 is 20.1 Å². The topological polar surface area (TPSA) is 88.3 Å². The Bertz CT molecular complexity index is 1020. The molecular formula is C21H23F3N4O3. The van der Waals surface area contributed by atoms with E-state index in [1.165, 1.54) is 25.3 Å². The minimum Gasteiger partial charge on any atom is -0.493 e. The number of urea groups is 1. The summed E-state index contributed by atoms with van der Waals surface area (Å²) in [4.78, 5) is 20.3. The maximum absolute atomic E-state index is 12.6. The Labute approximate surface area is 177 Å². The van der Waals surface area contributed by atoms with Crippen LogP contribution in [0.3, 0.4) is 0 Å². The first-order valence-electron chi connectivity index (χ1n) is 9.56. The highest BCUT2D eigenvalue weighted by Gasteiger charge is 2.29. The number of ether oxygens (including phenoxy) is 2. The van der Waals surface area contributed by atoms with Crippen molar-refractivity contribution in [2.75, 3.05) is 19.0 Å². The number of hydrogen-bond donors (Lipinski definition) is 3. The van der Waals surface area contributed by atoms with E-state index in [1.54, 1.807) is 0 Å². The summed E-state index contributed by atoms with van der Waals surface area (Å²) in [6.45, 7) is 2.41. The quantitative estimate of drug-likeness (QED) is 0.485. The largest absolute Gasteiger partial charge is 0.493 e. The number of anilines is 1. The average Bonchev–Trinajstić information content (AvgIpc) is 3.13. The van der Waals surface area contributed by atoms with Gasteiger partial charge >= 0.3 is 12.2 Å². The Morgan fingerprint density at radius 3 is 2.55 bits per heavy atom. The molecule has 0 aliphatic carbocycles. The zero-order valence-electron chi connectivity index (χ0n) is 17.2. The third kappa shape index (κ3) is 5.80. The van der Waals surface area contributed by atoms with Crippen molar-refractivity contribution in [2.45, 2.75) is 26.1 Å². The number of alkyl halides is 3. The van der Waals surface area contributed by atoms with Crippen LogP contribution in [-0.4, -0.2) is 35.9 Å². The molecule has 0 spiro atoms. The van der Waals surface area contributed by atoms with Crippen LogP contribution in [0.15, 0.2) is 42.5 Å². The van der Waals surface area contributed by atoms with Crippen LogP contribution in [0, 0.1) is 5.92 Å². The van der Waals surface area contributed by atoms with Gasteiger partial charge in [0.1, 0.15) is 5.82 Å². The molecular weight excluding hydrogens is 413 g/mol. The lowest BCUT2D eigenvalue weighted by molar-refractivity contribution is -0.153. The number of nitrogens with one attached hydrogen (secondary N) is 3. The molecule has 3 N–H and O–H groups in total. The predicted octanol–water partition coefficient (Wildman–Crippen LogP) is 5.03.